The maximum Gasteiger partial charge on any atom is 0.214 e. The van der Waals surface area contributed by atoms with Crippen LogP contribution in [0, 0.1) is 0 Å². The molecule has 0 amide bonds. The Morgan fingerprint density at radius 1 is 1.44 bits per heavy atom. The van der Waals surface area contributed by atoms with Crippen LogP contribution in [0.15, 0.2) is 22.8 Å². The van der Waals surface area contributed by atoms with Crippen molar-refractivity contribution < 1.29 is 12.8 Å². The van der Waals surface area contributed by atoms with E-state index < -0.39 is 10.0 Å². The highest BCUT2D eigenvalue weighted by molar-refractivity contribution is 7.89. The minimum atomic E-state index is -3.10. The van der Waals surface area contributed by atoms with E-state index in [4.69, 9.17) is 4.42 Å². The molecule has 0 spiro atoms. The van der Waals surface area contributed by atoms with Crippen LogP contribution in [-0.4, -0.2) is 45.2 Å². The van der Waals surface area contributed by atoms with Gasteiger partial charge in [-0.2, -0.15) is 0 Å². The van der Waals surface area contributed by atoms with E-state index in [2.05, 4.69) is 5.32 Å². The minimum Gasteiger partial charge on any atom is -0.469 e. The van der Waals surface area contributed by atoms with Crippen molar-refractivity contribution in [2.24, 2.45) is 0 Å². The lowest BCUT2D eigenvalue weighted by molar-refractivity contribution is 0.463. The van der Waals surface area contributed by atoms with Crippen molar-refractivity contribution in [2.45, 2.75) is 25.8 Å². The number of hydrogen-bond acceptors (Lipinski definition) is 4. The Kier molecular flexibility index (Phi) is 5.84. The Bertz CT molecular complexity index is 426. The number of aryl methyl sites for hydroxylation is 1. The van der Waals surface area contributed by atoms with Crippen LogP contribution in [0.1, 0.15) is 19.1 Å². The number of furan rings is 1. The third-order valence-corrected chi connectivity index (χ3v) is 4.65. The van der Waals surface area contributed by atoms with Crippen molar-refractivity contribution in [3.8, 4) is 0 Å². The Morgan fingerprint density at radius 2 is 2.17 bits per heavy atom. The van der Waals surface area contributed by atoms with E-state index in [1.54, 1.807) is 20.4 Å². The monoisotopic (exact) mass is 274 g/mol. The summed E-state index contributed by atoms with van der Waals surface area (Å²) in [5, 5.41) is 3.21. The molecule has 0 aliphatic heterocycles. The summed E-state index contributed by atoms with van der Waals surface area (Å²) in [7, 11) is 0.00282. The van der Waals surface area contributed by atoms with E-state index >= 15 is 0 Å². The largest absolute Gasteiger partial charge is 0.469 e. The molecule has 1 unspecified atom stereocenters. The Labute approximate surface area is 109 Å². The number of nitrogens with one attached hydrogen (secondary N) is 1. The molecule has 1 heterocycles. The van der Waals surface area contributed by atoms with Gasteiger partial charge in [-0.1, -0.05) is 0 Å². The Balaban J connectivity index is 2.19. The van der Waals surface area contributed by atoms with E-state index in [-0.39, 0.29) is 11.8 Å². The fourth-order valence-electron chi connectivity index (χ4n) is 1.53. The van der Waals surface area contributed by atoms with Gasteiger partial charge in [0.1, 0.15) is 5.76 Å². The topological polar surface area (TPSA) is 62.6 Å². The molecule has 0 bridgehead atoms. The molecule has 1 atom stereocenters. The quantitative estimate of drug-likeness (QED) is 0.770. The van der Waals surface area contributed by atoms with Crippen molar-refractivity contribution >= 4 is 10.0 Å². The molecule has 1 rings (SSSR count). The van der Waals surface area contributed by atoms with Gasteiger partial charge < -0.3 is 9.73 Å². The summed E-state index contributed by atoms with van der Waals surface area (Å²) in [5.74, 6) is 1.09. The SMILES string of the molecule is CC(CCc1ccco1)NCCS(=O)(=O)N(C)C. The van der Waals surface area contributed by atoms with Crippen LogP contribution in [0.3, 0.4) is 0 Å². The molecule has 0 aliphatic rings. The molecule has 0 aromatic carbocycles. The van der Waals surface area contributed by atoms with Gasteiger partial charge in [0.25, 0.3) is 0 Å². The van der Waals surface area contributed by atoms with Crippen molar-refractivity contribution in [1.82, 2.24) is 9.62 Å². The minimum absolute atomic E-state index is 0.130. The average molecular weight is 274 g/mol. The van der Waals surface area contributed by atoms with E-state index in [1.165, 1.54) is 4.31 Å². The molecule has 1 N–H and O–H groups in total. The molecule has 0 saturated heterocycles. The first-order chi connectivity index (χ1) is 8.42. The van der Waals surface area contributed by atoms with Crippen LogP contribution in [0.25, 0.3) is 0 Å². The first-order valence-electron chi connectivity index (χ1n) is 6.08. The van der Waals surface area contributed by atoms with Crippen LogP contribution in [0.4, 0.5) is 0 Å². The highest BCUT2D eigenvalue weighted by atomic mass is 32.2. The van der Waals surface area contributed by atoms with Gasteiger partial charge in [-0.3, -0.25) is 0 Å². The highest BCUT2D eigenvalue weighted by Gasteiger charge is 2.13. The van der Waals surface area contributed by atoms with E-state index in [0.717, 1.165) is 18.6 Å². The summed E-state index contributed by atoms with van der Waals surface area (Å²) < 4.78 is 29.6. The molecule has 1 aromatic rings. The van der Waals surface area contributed by atoms with Gasteiger partial charge in [-0.25, -0.2) is 12.7 Å². The predicted molar refractivity (Wildman–Crippen MR) is 72.0 cm³/mol. The second-order valence-corrected chi connectivity index (χ2v) is 6.87. The number of nitrogens with zero attached hydrogens (tertiary/aromatic N) is 1. The molecule has 18 heavy (non-hydrogen) atoms. The Morgan fingerprint density at radius 3 is 2.72 bits per heavy atom. The maximum absolute atomic E-state index is 11.5. The van der Waals surface area contributed by atoms with Gasteiger partial charge >= 0.3 is 0 Å². The molecule has 0 aliphatic carbocycles. The molecular weight excluding hydrogens is 252 g/mol. The van der Waals surface area contributed by atoms with Gasteiger partial charge in [0.15, 0.2) is 0 Å². The van der Waals surface area contributed by atoms with Crippen molar-refractivity contribution in [3.63, 3.8) is 0 Å². The molecule has 0 fully saturated rings. The number of sulfonamides is 1. The molecule has 0 radical (unpaired) electrons. The first kappa shape index (κ1) is 15.2. The van der Waals surface area contributed by atoms with Gasteiger partial charge in [0.05, 0.1) is 12.0 Å². The van der Waals surface area contributed by atoms with Crippen LogP contribution >= 0.6 is 0 Å². The molecule has 1 aromatic heterocycles. The zero-order chi connectivity index (χ0) is 13.6. The first-order valence-corrected chi connectivity index (χ1v) is 7.68. The maximum atomic E-state index is 11.5. The number of hydrogen-bond donors (Lipinski definition) is 1. The second kappa shape index (κ2) is 6.92. The summed E-state index contributed by atoms with van der Waals surface area (Å²) in [5.41, 5.74) is 0. The predicted octanol–water partition coefficient (Wildman–Crippen LogP) is 1.08. The molecule has 5 nitrogen and oxygen atoms in total. The fraction of sp³-hybridized carbons (Fsp3) is 0.667. The molecule has 0 saturated carbocycles. The van der Waals surface area contributed by atoms with Crippen LogP contribution < -0.4 is 5.32 Å². The summed E-state index contributed by atoms with van der Waals surface area (Å²) >= 11 is 0. The van der Waals surface area contributed by atoms with Crippen LogP contribution in [0.2, 0.25) is 0 Å². The van der Waals surface area contributed by atoms with Gasteiger partial charge in [0, 0.05) is 33.1 Å². The summed E-state index contributed by atoms with van der Waals surface area (Å²) in [6, 6.07) is 4.09. The van der Waals surface area contributed by atoms with Gasteiger partial charge in [-0.05, 0) is 25.5 Å². The molecule has 6 heteroatoms. The summed E-state index contributed by atoms with van der Waals surface area (Å²) in [6.07, 6.45) is 3.45. The lowest BCUT2D eigenvalue weighted by Gasteiger charge is -2.15. The standard InChI is InChI=1S/C12H22N2O3S/c1-11(6-7-12-5-4-9-17-12)13-8-10-18(15,16)14(2)3/h4-5,9,11,13H,6-8,10H2,1-3H3. The van der Waals surface area contributed by atoms with E-state index in [9.17, 15) is 8.42 Å². The van der Waals surface area contributed by atoms with Crippen LogP contribution in [-0.2, 0) is 16.4 Å². The van der Waals surface area contributed by atoms with Crippen molar-refractivity contribution in [1.29, 1.82) is 0 Å². The smallest absolute Gasteiger partial charge is 0.214 e. The van der Waals surface area contributed by atoms with Gasteiger partial charge in [-0.15, -0.1) is 0 Å². The average Bonchev–Trinajstić information content (AvgIpc) is 2.78. The van der Waals surface area contributed by atoms with Crippen molar-refractivity contribution in [2.75, 3.05) is 26.4 Å². The Hall–Kier alpha value is -0.850. The zero-order valence-corrected chi connectivity index (χ0v) is 12.0. The number of rotatable bonds is 8. The van der Waals surface area contributed by atoms with Gasteiger partial charge in [0.2, 0.25) is 10.0 Å². The second-order valence-electron chi connectivity index (χ2n) is 4.57. The normalized spacial score (nSPS) is 14.0. The summed E-state index contributed by atoms with van der Waals surface area (Å²) in [6.45, 7) is 2.52. The fourth-order valence-corrected chi connectivity index (χ4v) is 2.27. The third kappa shape index (κ3) is 5.20. The summed E-state index contributed by atoms with van der Waals surface area (Å²) in [4.78, 5) is 0. The van der Waals surface area contributed by atoms with E-state index in [1.807, 2.05) is 19.1 Å². The molecule has 104 valence electrons. The van der Waals surface area contributed by atoms with Crippen LogP contribution in [0.5, 0.6) is 0 Å². The van der Waals surface area contributed by atoms with Crippen molar-refractivity contribution in [3.05, 3.63) is 24.2 Å². The zero-order valence-electron chi connectivity index (χ0n) is 11.2. The van der Waals surface area contributed by atoms with E-state index in [0.29, 0.717) is 6.54 Å². The highest BCUT2D eigenvalue weighted by Crippen LogP contribution is 2.05. The third-order valence-electron chi connectivity index (χ3n) is 2.81. The lowest BCUT2D eigenvalue weighted by Crippen LogP contribution is -2.35. The lowest BCUT2D eigenvalue weighted by atomic mass is 10.1. The molecular formula is C12H22N2O3S.